The molecule has 21 heavy (non-hydrogen) atoms. The second-order valence-electron chi connectivity index (χ2n) is 5.77. The van der Waals surface area contributed by atoms with Crippen molar-refractivity contribution in [1.29, 1.82) is 0 Å². The van der Waals surface area contributed by atoms with Crippen LogP contribution in [0.2, 0.25) is 10.0 Å². The molecule has 0 saturated carbocycles. The molecule has 0 aliphatic rings. The van der Waals surface area contributed by atoms with Crippen molar-refractivity contribution in [3.8, 4) is 0 Å². The van der Waals surface area contributed by atoms with Gasteiger partial charge in [-0.3, -0.25) is 0 Å². The SMILES string of the molecule is CNC(c1cc(Cl)cc(Cl)c1)c1cccc(CC(C)C)c1. The van der Waals surface area contributed by atoms with Gasteiger partial charge in [0.1, 0.15) is 0 Å². The van der Waals surface area contributed by atoms with E-state index < -0.39 is 0 Å². The number of benzene rings is 2. The number of hydrogen-bond donors (Lipinski definition) is 1. The fourth-order valence-corrected chi connectivity index (χ4v) is 3.18. The normalized spacial score (nSPS) is 12.7. The summed E-state index contributed by atoms with van der Waals surface area (Å²) in [7, 11) is 1.95. The van der Waals surface area contributed by atoms with E-state index in [0.29, 0.717) is 16.0 Å². The van der Waals surface area contributed by atoms with E-state index in [9.17, 15) is 0 Å². The lowest BCUT2D eigenvalue weighted by molar-refractivity contribution is 0.643. The zero-order chi connectivity index (χ0) is 15.4. The molecular weight excluding hydrogens is 301 g/mol. The van der Waals surface area contributed by atoms with Gasteiger partial charge in [-0.15, -0.1) is 0 Å². The molecule has 0 heterocycles. The van der Waals surface area contributed by atoms with Gasteiger partial charge in [-0.2, -0.15) is 0 Å². The van der Waals surface area contributed by atoms with Gasteiger partial charge >= 0.3 is 0 Å². The van der Waals surface area contributed by atoms with Crippen LogP contribution in [0.1, 0.15) is 36.6 Å². The van der Waals surface area contributed by atoms with Gasteiger partial charge in [-0.1, -0.05) is 61.3 Å². The van der Waals surface area contributed by atoms with Gasteiger partial charge in [-0.25, -0.2) is 0 Å². The van der Waals surface area contributed by atoms with Gasteiger partial charge in [0.05, 0.1) is 6.04 Å². The molecule has 0 bridgehead atoms. The van der Waals surface area contributed by atoms with Crippen molar-refractivity contribution in [3.05, 3.63) is 69.2 Å². The van der Waals surface area contributed by atoms with Crippen molar-refractivity contribution in [2.45, 2.75) is 26.3 Å². The molecule has 112 valence electrons. The first kappa shape index (κ1) is 16.4. The highest BCUT2D eigenvalue weighted by Crippen LogP contribution is 2.28. The Morgan fingerprint density at radius 1 is 0.952 bits per heavy atom. The third kappa shape index (κ3) is 4.47. The molecule has 2 aromatic rings. The van der Waals surface area contributed by atoms with Gasteiger partial charge in [0, 0.05) is 10.0 Å². The Hall–Kier alpha value is -1.02. The van der Waals surface area contributed by atoms with Crippen LogP contribution in [0, 0.1) is 5.92 Å². The van der Waals surface area contributed by atoms with E-state index in [1.165, 1.54) is 11.1 Å². The van der Waals surface area contributed by atoms with Gasteiger partial charge in [0.15, 0.2) is 0 Å². The molecule has 0 aliphatic carbocycles. The molecule has 1 N–H and O–H groups in total. The van der Waals surface area contributed by atoms with Crippen molar-refractivity contribution in [2.24, 2.45) is 5.92 Å². The van der Waals surface area contributed by atoms with E-state index in [4.69, 9.17) is 23.2 Å². The summed E-state index contributed by atoms with van der Waals surface area (Å²) in [4.78, 5) is 0. The average Bonchev–Trinajstić information content (AvgIpc) is 2.38. The van der Waals surface area contributed by atoms with Gasteiger partial charge < -0.3 is 5.32 Å². The molecule has 1 unspecified atom stereocenters. The topological polar surface area (TPSA) is 12.0 Å². The fraction of sp³-hybridized carbons (Fsp3) is 0.333. The van der Waals surface area contributed by atoms with Crippen molar-refractivity contribution in [2.75, 3.05) is 7.05 Å². The highest BCUT2D eigenvalue weighted by molar-refractivity contribution is 6.34. The number of nitrogens with one attached hydrogen (secondary N) is 1. The second kappa shape index (κ2) is 7.31. The Kier molecular flexibility index (Phi) is 5.69. The second-order valence-corrected chi connectivity index (χ2v) is 6.64. The summed E-state index contributed by atoms with van der Waals surface area (Å²) in [6.45, 7) is 4.47. The van der Waals surface area contributed by atoms with Gasteiger partial charge in [0.25, 0.3) is 0 Å². The fourth-order valence-electron chi connectivity index (χ4n) is 2.64. The first-order valence-corrected chi connectivity index (χ1v) is 7.97. The Morgan fingerprint density at radius 2 is 1.62 bits per heavy atom. The number of halogens is 2. The summed E-state index contributed by atoms with van der Waals surface area (Å²) in [5.74, 6) is 0.647. The first-order valence-electron chi connectivity index (χ1n) is 7.21. The molecule has 2 aromatic carbocycles. The highest BCUT2D eigenvalue weighted by atomic mass is 35.5. The lowest BCUT2D eigenvalue weighted by Gasteiger charge is -2.19. The van der Waals surface area contributed by atoms with Crippen molar-refractivity contribution in [1.82, 2.24) is 5.32 Å². The van der Waals surface area contributed by atoms with E-state index in [0.717, 1.165) is 12.0 Å². The van der Waals surface area contributed by atoms with Crippen LogP contribution in [-0.4, -0.2) is 7.05 Å². The molecule has 0 radical (unpaired) electrons. The van der Waals surface area contributed by atoms with Gasteiger partial charge in [-0.05, 0) is 54.3 Å². The van der Waals surface area contributed by atoms with E-state index in [1.807, 2.05) is 19.2 Å². The Labute approximate surface area is 137 Å². The van der Waals surface area contributed by atoms with E-state index in [-0.39, 0.29) is 6.04 Å². The quantitative estimate of drug-likeness (QED) is 0.766. The molecule has 0 aromatic heterocycles. The van der Waals surface area contributed by atoms with E-state index in [2.05, 4.69) is 43.4 Å². The molecule has 0 amide bonds. The Morgan fingerprint density at radius 3 is 2.19 bits per heavy atom. The number of rotatable bonds is 5. The maximum atomic E-state index is 6.13. The van der Waals surface area contributed by atoms with Crippen LogP contribution in [0.25, 0.3) is 0 Å². The lowest BCUT2D eigenvalue weighted by atomic mass is 9.94. The van der Waals surface area contributed by atoms with Crippen molar-refractivity contribution >= 4 is 23.2 Å². The molecule has 2 rings (SSSR count). The molecular formula is C18H21Cl2N. The van der Waals surface area contributed by atoms with Crippen LogP contribution in [-0.2, 0) is 6.42 Å². The Bertz CT molecular complexity index is 588. The zero-order valence-corrected chi connectivity index (χ0v) is 14.2. The standard InChI is InChI=1S/C18H21Cl2N/c1-12(2)7-13-5-4-6-14(8-13)18(21-3)15-9-16(19)11-17(20)10-15/h4-6,8-12,18,21H,7H2,1-3H3. The summed E-state index contributed by atoms with van der Waals surface area (Å²) in [5, 5.41) is 4.68. The molecule has 0 spiro atoms. The molecule has 3 heteroatoms. The molecule has 1 atom stereocenters. The van der Waals surface area contributed by atoms with Crippen LogP contribution >= 0.6 is 23.2 Å². The summed E-state index contributed by atoms with van der Waals surface area (Å²) in [6, 6.07) is 14.5. The minimum absolute atomic E-state index is 0.0910. The molecule has 0 aliphatic heterocycles. The third-order valence-electron chi connectivity index (χ3n) is 3.44. The van der Waals surface area contributed by atoms with Crippen molar-refractivity contribution < 1.29 is 0 Å². The highest BCUT2D eigenvalue weighted by Gasteiger charge is 2.14. The third-order valence-corrected chi connectivity index (χ3v) is 3.87. The predicted octanol–water partition coefficient (Wildman–Crippen LogP) is 5.50. The first-order chi connectivity index (χ1) is 9.99. The van der Waals surface area contributed by atoms with Crippen molar-refractivity contribution in [3.63, 3.8) is 0 Å². The minimum atomic E-state index is 0.0910. The van der Waals surface area contributed by atoms with Gasteiger partial charge in [0.2, 0.25) is 0 Å². The molecule has 0 saturated heterocycles. The summed E-state index contributed by atoms with van der Waals surface area (Å²) in [6.07, 6.45) is 1.08. The summed E-state index contributed by atoms with van der Waals surface area (Å²) < 4.78 is 0. The van der Waals surface area contributed by atoms with E-state index in [1.54, 1.807) is 6.07 Å². The predicted molar refractivity (Wildman–Crippen MR) is 92.3 cm³/mol. The zero-order valence-electron chi connectivity index (χ0n) is 12.7. The lowest BCUT2D eigenvalue weighted by Crippen LogP contribution is -2.18. The van der Waals surface area contributed by atoms with Crippen LogP contribution in [0.4, 0.5) is 0 Å². The smallest absolute Gasteiger partial charge is 0.0575 e. The molecule has 1 nitrogen and oxygen atoms in total. The van der Waals surface area contributed by atoms with Crippen LogP contribution in [0.5, 0.6) is 0 Å². The van der Waals surface area contributed by atoms with Crippen LogP contribution in [0.3, 0.4) is 0 Å². The summed E-state index contributed by atoms with van der Waals surface area (Å²) in [5.41, 5.74) is 3.67. The maximum absolute atomic E-state index is 6.13. The largest absolute Gasteiger partial charge is 0.309 e. The van der Waals surface area contributed by atoms with Crippen LogP contribution in [0.15, 0.2) is 42.5 Å². The maximum Gasteiger partial charge on any atom is 0.0575 e. The monoisotopic (exact) mass is 321 g/mol. The minimum Gasteiger partial charge on any atom is -0.309 e. The van der Waals surface area contributed by atoms with E-state index >= 15 is 0 Å². The Balaban J connectivity index is 2.36. The number of hydrogen-bond acceptors (Lipinski definition) is 1. The van der Waals surface area contributed by atoms with Crippen LogP contribution < -0.4 is 5.32 Å². The average molecular weight is 322 g/mol. The summed E-state index contributed by atoms with van der Waals surface area (Å²) >= 11 is 12.3. The molecule has 0 fully saturated rings.